The summed E-state index contributed by atoms with van der Waals surface area (Å²) in [5.74, 6) is 0.507. The second kappa shape index (κ2) is 4.95. The maximum atomic E-state index is 9.61. The lowest BCUT2D eigenvalue weighted by atomic mass is 9.99. The van der Waals surface area contributed by atoms with Crippen LogP contribution in [0, 0.1) is 5.92 Å². The van der Waals surface area contributed by atoms with Crippen molar-refractivity contribution in [3.05, 3.63) is 0 Å². The lowest BCUT2D eigenvalue weighted by molar-refractivity contribution is -0.301. The second-order valence-electron chi connectivity index (χ2n) is 4.47. The zero-order chi connectivity index (χ0) is 11.7. The zero-order valence-corrected chi connectivity index (χ0v) is 8.90. The summed E-state index contributed by atoms with van der Waals surface area (Å²) < 4.78 is 10.5. The Balaban J connectivity index is 1.89. The molecule has 6 nitrogen and oxygen atoms in total. The number of hydrogen-bond acceptors (Lipinski definition) is 6. The topological polar surface area (TPSA) is 99.4 Å². The summed E-state index contributed by atoms with van der Waals surface area (Å²) in [6.07, 6.45) is -3.60. The van der Waals surface area contributed by atoms with E-state index in [4.69, 9.17) is 14.6 Å². The van der Waals surface area contributed by atoms with Crippen LogP contribution in [0.4, 0.5) is 0 Å². The summed E-state index contributed by atoms with van der Waals surface area (Å²) in [7, 11) is 0. The Kier molecular flexibility index (Phi) is 3.78. The molecule has 0 spiro atoms. The molecule has 0 aromatic rings. The molecule has 16 heavy (non-hydrogen) atoms. The third-order valence-corrected chi connectivity index (χ3v) is 3.04. The first-order valence-electron chi connectivity index (χ1n) is 5.55. The highest BCUT2D eigenvalue weighted by Gasteiger charge is 2.44. The summed E-state index contributed by atoms with van der Waals surface area (Å²) in [6, 6.07) is 0. The molecule has 1 aliphatic carbocycles. The minimum Gasteiger partial charge on any atom is -0.394 e. The predicted octanol–water partition coefficient (Wildman–Crippen LogP) is -1.79. The molecule has 0 aromatic heterocycles. The van der Waals surface area contributed by atoms with Crippen molar-refractivity contribution in [1.82, 2.24) is 0 Å². The normalized spacial score (nSPS) is 44.6. The van der Waals surface area contributed by atoms with Crippen molar-refractivity contribution < 1.29 is 29.9 Å². The standard InChI is InChI=1S/C10H18O6/c11-3-6-7(12)8(13)9(14)10(16-6)15-4-5-1-2-5/h5-14H,1-4H2. The first-order valence-corrected chi connectivity index (χ1v) is 5.55. The molecule has 1 saturated heterocycles. The quantitative estimate of drug-likeness (QED) is 0.458. The van der Waals surface area contributed by atoms with Gasteiger partial charge in [0.15, 0.2) is 6.29 Å². The molecule has 4 N–H and O–H groups in total. The monoisotopic (exact) mass is 234 g/mol. The van der Waals surface area contributed by atoms with E-state index < -0.39 is 37.3 Å². The first kappa shape index (κ1) is 12.2. The van der Waals surface area contributed by atoms with Crippen molar-refractivity contribution in [2.45, 2.75) is 43.5 Å². The first-order chi connectivity index (χ1) is 7.63. The Hall–Kier alpha value is -0.240. The van der Waals surface area contributed by atoms with Crippen LogP contribution in [0.2, 0.25) is 0 Å². The van der Waals surface area contributed by atoms with Gasteiger partial charge < -0.3 is 29.9 Å². The fraction of sp³-hybridized carbons (Fsp3) is 1.00. The smallest absolute Gasteiger partial charge is 0.186 e. The highest BCUT2D eigenvalue weighted by Crippen LogP contribution is 2.30. The van der Waals surface area contributed by atoms with Crippen LogP contribution in [-0.2, 0) is 9.47 Å². The number of ether oxygens (including phenoxy) is 2. The van der Waals surface area contributed by atoms with E-state index in [0.717, 1.165) is 12.8 Å². The number of hydrogen-bond donors (Lipinski definition) is 4. The number of aliphatic hydroxyl groups is 4. The lowest BCUT2D eigenvalue weighted by Gasteiger charge is -2.39. The van der Waals surface area contributed by atoms with Gasteiger partial charge in [0, 0.05) is 0 Å². The van der Waals surface area contributed by atoms with Crippen molar-refractivity contribution in [1.29, 1.82) is 0 Å². The highest BCUT2D eigenvalue weighted by atomic mass is 16.7. The van der Waals surface area contributed by atoms with Crippen LogP contribution in [0.15, 0.2) is 0 Å². The molecule has 2 aliphatic rings. The third-order valence-electron chi connectivity index (χ3n) is 3.04. The van der Waals surface area contributed by atoms with Crippen molar-refractivity contribution in [3.63, 3.8) is 0 Å². The molecule has 1 aliphatic heterocycles. The minimum absolute atomic E-state index is 0.422. The van der Waals surface area contributed by atoms with E-state index in [9.17, 15) is 15.3 Å². The molecule has 5 unspecified atom stereocenters. The van der Waals surface area contributed by atoms with Crippen molar-refractivity contribution in [3.8, 4) is 0 Å². The van der Waals surface area contributed by atoms with Gasteiger partial charge in [0.1, 0.15) is 24.4 Å². The minimum atomic E-state index is -1.35. The summed E-state index contributed by atoms with van der Waals surface area (Å²) in [4.78, 5) is 0. The fourth-order valence-electron chi connectivity index (χ4n) is 1.72. The molecule has 0 aromatic carbocycles. The molecule has 1 saturated carbocycles. The van der Waals surface area contributed by atoms with Crippen molar-refractivity contribution in [2.75, 3.05) is 13.2 Å². The summed E-state index contributed by atoms with van der Waals surface area (Å²) >= 11 is 0. The van der Waals surface area contributed by atoms with Gasteiger partial charge in [0.25, 0.3) is 0 Å². The van der Waals surface area contributed by atoms with Gasteiger partial charge in [-0.2, -0.15) is 0 Å². The van der Waals surface area contributed by atoms with Gasteiger partial charge in [-0.05, 0) is 18.8 Å². The average molecular weight is 234 g/mol. The summed E-state index contributed by atoms with van der Waals surface area (Å²) in [6.45, 7) is 0.0525. The Morgan fingerprint density at radius 3 is 2.31 bits per heavy atom. The van der Waals surface area contributed by atoms with Crippen LogP contribution >= 0.6 is 0 Å². The molecule has 5 atom stereocenters. The Labute approximate surface area is 93.4 Å². The highest BCUT2D eigenvalue weighted by molar-refractivity contribution is 4.89. The van der Waals surface area contributed by atoms with Crippen LogP contribution in [0.25, 0.3) is 0 Å². The van der Waals surface area contributed by atoms with Gasteiger partial charge in [-0.15, -0.1) is 0 Å². The number of aliphatic hydroxyl groups excluding tert-OH is 4. The van der Waals surface area contributed by atoms with Crippen molar-refractivity contribution >= 4 is 0 Å². The Morgan fingerprint density at radius 1 is 1.06 bits per heavy atom. The lowest BCUT2D eigenvalue weighted by Crippen LogP contribution is -2.59. The summed E-state index contributed by atoms with van der Waals surface area (Å²) in [5.41, 5.74) is 0. The van der Waals surface area contributed by atoms with Gasteiger partial charge in [-0.3, -0.25) is 0 Å². The van der Waals surface area contributed by atoms with E-state index in [2.05, 4.69) is 0 Å². The Morgan fingerprint density at radius 2 is 1.75 bits per heavy atom. The van der Waals surface area contributed by atoms with E-state index >= 15 is 0 Å². The van der Waals surface area contributed by atoms with Gasteiger partial charge >= 0.3 is 0 Å². The van der Waals surface area contributed by atoms with Gasteiger partial charge in [-0.1, -0.05) is 0 Å². The van der Waals surface area contributed by atoms with E-state index in [0.29, 0.717) is 12.5 Å². The van der Waals surface area contributed by atoms with E-state index in [-0.39, 0.29) is 0 Å². The van der Waals surface area contributed by atoms with Gasteiger partial charge in [-0.25, -0.2) is 0 Å². The molecule has 6 heteroatoms. The molecule has 94 valence electrons. The van der Waals surface area contributed by atoms with Crippen LogP contribution in [-0.4, -0.2) is 64.3 Å². The van der Waals surface area contributed by atoms with E-state index in [1.165, 1.54) is 0 Å². The fourth-order valence-corrected chi connectivity index (χ4v) is 1.72. The van der Waals surface area contributed by atoms with Crippen LogP contribution in [0.1, 0.15) is 12.8 Å². The molecule has 0 radical (unpaired) electrons. The predicted molar refractivity (Wildman–Crippen MR) is 52.4 cm³/mol. The van der Waals surface area contributed by atoms with Gasteiger partial charge in [0.2, 0.25) is 0 Å². The van der Waals surface area contributed by atoms with E-state index in [1.807, 2.05) is 0 Å². The molecular formula is C10H18O6. The molecule has 1 heterocycles. The van der Waals surface area contributed by atoms with Gasteiger partial charge in [0.05, 0.1) is 13.2 Å². The second-order valence-corrected chi connectivity index (χ2v) is 4.47. The number of rotatable bonds is 4. The van der Waals surface area contributed by atoms with Crippen molar-refractivity contribution in [2.24, 2.45) is 5.92 Å². The SMILES string of the molecule is OCC1OC(OCC2CC2)C(O)C(O)C1O. The molecule has 0 amide bonds. The van der Waals surface area contributed by atoms with Crippen LogP contribution < -0.4 is 0 Å². The molecule has 2 rings (SSSR count). The maximum absolute atomic E-state index is 9.61. The van der Waals surface area contributed by atoms with Crippen LogP contribution in [0.3, 0.4) is 0 Å². The average Bonchev–Trinajstić information content (AvgIpc) is 3.09. The molecule has 2 fully saturated rings. The van der Waals surface area contributed by atoms with Crippen LogP contribution in [0.5, 0.6) is 0 Å². The summed E-state index contributed by atoms with van der Waals surface area (Å²) in [5, 5.41) is 37.5. The Bertz CT molecular complexity index is 229. The largest absolute Gasteiger partial charge is 0.394 e. The third kappa shape index (κ3) is 2.53. The molecule has 0 bridgehead atoms. The maximum Gasteiger partial charge on any atom is 0.186 e. The zero-order valence-electron chi connectivity index (χ0n) is 8.90. The van der Waals surface area contributed by atoms with E-state index in [1.54, 1.807) is 0 Å². The molecular weight excluding hydrogens is 216 g/mol.